The maximum absolute atomic E-state index is 13.0. The number of nitrogens with zero attached hydrogens (tertiary/aromatic N) is 1. The summed E-state index contributed by atoms with van der Waals surface area (Å²) in [6.07, 6.45) is 0. The highest BCUT2D eigenvalue weighted by atomic mass is 16.5. The fraction of sp³-hybridized carbons (Fsp3) is 0.421. The lowest BCUT2D eigenvalue weighted by molar-refractivity contribution is 0.0301. The Bertz CT molecular complexity index is 683. The van der Waals surface area contributed by atoms with E-state index in [4.69, 9.17) is 4.74 Å². The lowest BCUT2D eigenvalue weighted by Crippen LogP contribution is -2.41. The second-order valence-corrected chi connectivity index (χ2v) is 6.34. The Morgan fingerprint density at radius 3 is 2.43 bits per heavy atom. The third-order valence-electron chi connectivity index (χ3n) is 4.38. The first-order valence-corrected chi connectivity index (χ1v) is 8.24. The molecule has 0 atom stereocenters. The Labute approximate surface area is 137 Å². The van der Waals surface area contributed by atoms with Crippen molar-refractivity contribution in [2.45, 2.75) is 26.7 Å². The molecular formula is C19H24N2O2. The Kier molecular flexibility index (Phi) is 4.53. The molecular weight excluding hydrogens is 288 g/mol. The third kappa shape index (κ3) is 3.04. The van der Waals surface area contributed by atoms with Gasteiger partial charge in [-0.1, -0.05) is 44.2 Å². The van der Waals surface area contributed by atoms with Crippen molar-refractivity contribution < 1.29 is 9.53 Å². The number of aryl methyl sites for hydroxylation is 1. The topological polar surface area (TPSA) is 45.3 Å². The zero-order valence-corrected chi connectivity index (χ0v) is 14.1. The van der Waals surface area contributed by atoms with Gasteiger partial charge in [0.25, 0.3) is 5.91 Å². The van der Waals surface area contributed by atoms with Crippen molar-refractivity contribution in [3.8, 4) is 11.3 Å². The van der Waals surface area contributed by atoms with Gasteiger partial charge >= 0.3 is 0 Å². The summed E-state index contributed by atoms with van der Waals surface area (Å²) < 4.78 is 5.37. The quantitative estimate of drug-likeness (QED) is 0.941. The SMILES string of the molecule is Cc1[nH]c(-c2ccccc2)c(C(C)C)c1C(=O)N1CCOCC1. The van der Waals surface area contributed by atoms with Crippen LogP contribution >= 0.6 is 0 Å². The van der Waals surface area contributed by atoms with Crippen molar-refractivity contribution in [1.82, 2.24) is 9.88 Å². The van der Waals surface area contributed by atoms with Crippen LogP contribution in [0.1, 0.15) is 41.4 Å². The van der Waals surface area contributed by atoms with Crippen LogP contribution in [0.15, 0.2) is 30.3 Å². The van der Waals surface area contributed by atoms with Gasteiger partial charge in [-0.05, 0) is 24.0 Å². The van der Waals surface area contributed by atoms with Crippen LogP contribution in [0.3, 0.4) is 0 Å². The Hall–Kier alpha value is -2.07. The summed E-state index contributed by atoms with van der Waals surface area (Å²) in [4.78, 5) is 18.4. The normalized spacial score (nSPS) is 15.2. The van der Waals surface area contributed by atoms with Gasteiger partial charge in [-0.3, -0.25) is 4.79 Å². The van der Waals surface area contributed by atoms with Crippen molar-refractivity contribution in [3.05, 3.63) is 47.2 Å². The number of nitrogens with one attached hydrogen (secondary N) is 1. The van der Waals surface area contributed by atoms with E-state index < -0.39 is 0 Å². The lowest BCUT2D eigenvalue weighted by atomic mass is 9.94. The summed E-state index contributed by atoms with van der Waals surface area (Å²) in [7, 11) is 0. The molecule has 0 saturated carbocycles. The molecule has 0 aliphatic carbocycles. The molecule has 0 spiro atoms. The van der Waals surface area contributed by atoms with Gasteiger partial charge < -0.3 is 14.6 Å². The smallest absolute Gasteiger partial charge is 0.256 e. The van der Waals surface area contributed by atoms with Gasteiger partial charge in [0.2, 0.25) is 0 Å². The molecule has 0 unspecified atom stereocenters. The Balaban J connectivity index is 2.06. The highest BCUT2D eigenvalue weighted by Crippen LogP contribution is 2.34. The molecule has 4 nitrogen and oxygen atoms in total. The van der Waals surface area contributed by atoms with E-state index in [9.17, 15) is 4.79 Å². The molecule has 1 N–H and O–H groups in total. The van der Waals surface area contributed by atoms with Crippen LogP contribution < -0.4 is 0 Å². The first kappa shape index (κ1) is 15.8. The lowest BCUT2D eigenvalue weighted by Gasteiger charge is -2.27. The van der Waals surface area contributed by atoms with E-state index in [1.54, 1.807) is 0 Å². The first-order chi connectivity index (χ1) is 11.1. The van der Waals surface area contributed by atoms with Gasteiger partial charge in [-0.25, -0.2) is 0 Å². The van der Waals surface area contributed by atoms with Gasteiger partial charge in [0.15, 0.2) is 0 Å². The summed E-state index contributed by atoms with van der Waals surface area (Å²) in [5, 5.41) is 0. The Morgan fingerprint density at radius 2 is 1.83 bits per heavy atom. The molecule has 2 heterocycles. The molecule has 1 aromatic heterocycles. The number of ether oxygens (including phenoxy) is 1. The highest BCUT2D eigenvalue weighted by molar-refractivity contribution is 5.99. The van der Waals surface area contributed by atoms with Crippen LogP contribution in [0.4, 0.5) is 0 Å². The second kappa shape index (κ2) is 6.59. The number of carbonyl (C=O) groups excluding carboxylic acids is 1. The number of hydrogen-bond donors (Lipinski definition) is 1. The molecule has 1 saturated heterocycles. The molecule has 1 aliphatic heterocycles. The molecule has 1 amide bonds. The van der Waals surface area contributed by atoms with Crippen LogP contribution in [0.25, 0.3) is 11.3 Å². The van der Waals surface area contributed by atoms with Crippen molar-refractivity contribution in [3.63, 3.8) is 0 Å². The van der Waals surface area contributed by atoms with Gasteiger partial charge in [0.05, 0.1) is 18.8 Å². The summed E-state index contributed by atoms with van der Waals surface area (Å²) in [6.45, 7) is 8.86. The van der Waals surface area contributed by atoms with Crippen molar-refractivity contribution >= 4 is 5.91 Å². The largest absolute Gasteiger partial charge is 0.378 e. The second-order valence-electron chi connectivity index (χ2n) is 6.34. The number of H-pyrrole nitrogens is 1. The van der Waals surface area contributed by atoms with E-state index in [-0.39, 0.29) is 11.8 Å². The van der Waals surface area contributed by atoms with Gasteiger partial charge in [0.1, 0.15) is 0 Å². The fourth-order valence-electron chi connectivity index (χ4n) is 3.25. The van der Waals surface area contributed by atoms with Crippen molar-refractivity contribution in [2.24, 2.45) is 0 Å². The number of aromatic nitrogens is 1. The zero-order chi connectivity index (χ0) is 16.4. The van der Waals surface area contributed by atoms with Gasteiger partial charge in [-0.15, -0.1) is 0 Å². The molecule has 23 heavy (non-hydrogen) atoms. The van der Waals surface area contributed by atoms with E-state index in [1.807, 2.05) is 30.0 Å². The minimum Gasteiger partial charge on any atom is -0.378 e. The van der Waals surface area contributed by atoms with E-state index in [1.165, 1.54) is 0 Å². The van der Waals surface area contributed by atoms with Crippen LogP contribution in [0.5, 0.6) is 0 Å². The molecule has 122 valence electrons. The maximum Gasteiger partial charge on any atom is 0.256 e. The number of rotatable bonds is 3. The zero-order valence-electron chi connectivity index (χ0n) is 14.1. The number of morpholine rings is 1. The van der Waals surface area contributed by atoms with Crippen molar-refractivity contribution in [1.29, 1.82) is 0 Å². The van der Waals surface area contributed by atoms with Crippen LogP contribution in [-0.4, -0.2) is 42.1 Å². The molecule has 0 bridgehead atoms. The van der Waals surface area contributed by atoms with Crippen LogP contribution in [0.2, 0.25) is 0 Å². The van der Waals surface area contributed by atoms with E-state index in [2.05, 4.69) is 31.0 Å². The predicted octanol–water partition coefficient (Wildman–Crippen LogP) is 3.59. The number of amides is 1. The highest BCUT2D eigenvalue weighted by Gasteiger charge is 2.28. The van der Waals surface area contributed by atoms with Gasteiger partial charge in [0, 0.05) is 24.5 Å². The number of aromatic amines is 1. The molecule has 1 aromatic carbocycles. The molecule has 0 radical (unpaired) electrons. The van der Waals surface area contributed by atoms with E-state index >= 15 is 0 Å². The Morgan fingerprint density at radius 1 is 1.17 bits per heavy atom. The molecule has 2 aromatic rings. The summed E-state index contributed by atoms with van der Waals surface area (Å²) in [6, 6.07) is 10.2. The van der Waals surface area contributed by atoms with Crippen LogP contribution in [0, 0.1) is 6.92 Å². The van der Waals surface area contributed by atoms with Crippen molar-refractivity contribution in [2.75, 3.05) is 26.3 Å². The molecule has 1 aliphatic rings. The molecule has 1 fully saturated rings. The fourth-order valence-corrected chi connectivity index (χ4v) is 3.25. The van der Waals surface area contributed by atoms with Crippen LogP contribution in [-0.2, 0) is 4.74 Å². The minimum atomic E-state index is 0.118. The number of benzene rings is 1. The van der Waals surface area contributed by atoms with E-state index in [0.717, 1.165) is 28.1 Å². The summed E-state index contributed by atoms with van der Waals surface area (Å²) in [5.74, 6) is 0.392. The molecule has 4 heteroatoms. The number of hydrogen-bond acceptors (Lipinski definition) is 2. The van der Waals surface area contributed by atoms with E-state index in [0.29, 0.717) is 26.3 Å². The first-order valence-electron chi connectivity index (χ1n) is 8.24. The standard InChI is InChI=1S/C19H24N2O2/c1-13(2)16-17(19(22)21-9-11-23-12-10-21)14(3)20-18(16)15-7-5-4-6-8-15/h4-8,13,20H,9-12H2,1-3H3. The average molecular weight is 312 g/mol. The monoisotopic (exact) mass is 312 g/mol. The maximum atomic E-state index is 13.0. The molecule has 3 rings (SSSR count). The third-order valence-corrected chi connectivity index (χ3v) is 4.38. The number of carbonyl (C=O) groups is 1. The average Bonchev–Trinajstić information content (AvgIpc) is 2.93. The minimum absolute atomic E-state index is 0.118. The summed E-state index contributed by atoms with van der Waals surface area (Å²) in [5.41, 5.74) is 5.09. The predicted molar refractivity (Wildman–Crippen MR) is 91.8 cm³/mol. The van der Waals surface area contributed by atoms with Gasteiger partial charge in [-0.2, -0.15) is 0 Å². The summed E-state index contributed by atoms with van der Waals surface area (Å²) >= 11 is 0.